The molecule has 0 aromatic heterocycles. The van der Waals surface area contributed by atoms with Crippen LogP contribution in [0.2, 0.25) is 0 Å². The van der Waals surface area contributed by atoms with Crippen molar-refractivity contribution in [3.63, 3.8) is 0 Å². The summed E-state index contributed by atoms with van der Waals surface area (Å²) in [6.07, 6.45) is 5.10. The second kappa shape index (κ2) is 9.35. The fourth-order valence-corrected chi connectivity index (χ4v) is 2.86. The first-order chi connectivity index (χ1) is 9.54. The van der Waals surface area contributed by atoms with E-state index in [-0.39, 0.29) is 1.43 Å². The third-order valence-electron chi connectivity index (χ3n) is 4.16. The molecular weight excluding hydrogens is 250 g/mol. The van der Waals surface area contributed by atoms with E-state index in [2.05, 4.69) is 31.0 Å². The summed E-state index contributed by atoms with van der Waals surface area (Å²) in [4.78, 5) is 16.7. The van der Waals surface area contributed by atoms with E-state index in [1.165, 1.54) is 13.0 Å². The van der Waals surface area contributed by atoms with Crippen molar-refractivity contribution in [2.75, 3.05) is 33.2 Å². The maximum absolute atomic E-state index is 12.2. The van der Waals surface area contributed by atoms with Crippen LogP contribution in [0.4, 0.5) is 0 Å². The van der Waals surface area contributed by atoms with Crippen molar-refractivity contribution in [1.29, 1.82) is 0 Å². The molecule has 0 aromatic rings. The summed E-state index contributed by atoms with van der Waals surface area (Å²) in [7, 11) is 1.98. The highest BCUT2D eigenvalue weighted by Gasteiger charge is 2.24. The molecule has 1 aliphatic rings. The van der Waals surface area contributed by atoms with Gasteiger partial charge in [0.05, 0.1) is 0 Å². The minimum absolute atomic E-state index is 0. The molecule has 4 heteroatoms. The predicted molar refractivity (Wildman–Crippen MR) is 87.0 cm³/mol. The smallest absolute Gasteiger partial charge is 0.222 e. The van der Waals surface area contributed by atoms with Crippen molar-refractivity contribution >= 4 is 5.91 Å². The van der Waals surface area contributed by atoms with E-state index in [4.69, 9.17) is 0 Å². The van der Waals surface area contributed by atoms with Crippen LogP contribution in [0.15, 0.2) is 0 Å². The number of carbonyl (C=O) groups excluding carboxylic acids is 1. The topological polar surface area (TPSA) is 35.6 Å². The van der Waals surface area contributed by atoms with E-state index >= 15 is 0 Å². The Morgan fingerprint density at radius 3 is 2.60 bits per heavy atom. The summed E-state index contributed by atoms with van der Waals surface area (Å²) < 4.78 is 0. The monoisotopic (exact) mass is 285 g/mol. The number of carbonyl (C=O) groups is 1. The van der Waals surface area contributed by atoms with Gasteiger partial charge in [0.15, 0.2) is 0 Å². The highest BCUT2D eigenvalue weighted by molar-refractivity contribution is 5.76. The predicted octanol–water partition coefficient (Wildman–Crippen LogP) is 2.34. The Labute approximate surface area is 126 Å². The first-order valence-corrected chi connectivity index (χ1v) is 8.26. The fourth-order valence-electron chi connectivity index (χ4n) is 2.86. The van der Waals surface area contributed by atoms with Gasteiger partial charge in [0.25, 0.3) is 0 Å². The molecule has 0 bridgehead atoms. The van der Waals surface area contributed by atoms with Gasteiger partial charge in [0, 0.05) is 40.1 Å². The Morgan fingerprint density at radius 2 is 2.05 bits per heavy atom. The number of rotatable bonds is 8. The molecule has 1 amide bonds. The first kappa shape index (κ1) is 17.4. The summed E-state index contributed by atoms with van der Waals surface area (Å²) in [5, 5.41) is 3.36. The van der Waals surface area contributed by atoms with Gasteiger partial charge in [-0.3, -0.25) is 4.79 Å². The lowest BCUT2D eigenvalue weighted by Crippen LogP contribution is -2.45. The Bertz CT molecular complexity index is 279. The van der Waals surface area contributed by atoms with Crippen LogP contribution in [0.3, 0.4) is 0 Å². The van der Waals surface area contributed by atoms with Crippen molar-refractivity contribution in [3.05, 3.63) is 0 Å². The molecule has 4 nitrogen and oxygen atoms in total. The van der Waals surface area contributed by atoms with Gasteiger partial charge in [0.2, 0.25) is 5.91 Å². The first-order valence-electron chi connectivity index (χ1n) is 8.26. The maximum Gasteiger partial charge on any atom is 0.222 e. The maximum atomic E-state index is 12.2. The highest BCUT2D eigenvalue weighted by Crippen LogP contribution is 2.16. The quantitative estimate of drug-likeness (QED) is 0.695. The van der Waals surface area contributed by atoms with Gasteiger partial charge in [0.1, 0.15) is 0 Å². The van der Waals surface area contributed by atoms with E-state index in [1.54, 1.807) is 0 Å². The van der Waals surface area contributed by atoms with Crippen LogP contribution < -0.4 is 5.32 Å². The molecule has 0 spiro atoms. The summed E-state index contributed by atoms with van der Waals surface area (Å²) >= 11 is 0. The van der Waals surface area contributed by atoms with Crippen LogP contribution in [0.1, 0.15) is 54.3 Å². The zero-order valence-electron chi connectivity index (χ0n) is 13.8. The van der Waals surface area contributed by atoms with Gasteiger partial charge in [-0.1, -0.05) is 20.8 Å². The van der Waals surface area contributed by atoms with Crippen molar-refractivity contribution in [1.82, 2.24) is 15.1 Å². The van der Waals surface area contributed by atoms with E-state index in [0.29, 0.717) is 24.4 Å². The van der Waals surface area contributed by atoms with Crippen molar-refractivity contribution in [3.8, 4) is 0 Å². The highest BCUT2D eigenvalue weighted by atomic mass is 16.2. The molecule has 1 fully saturated rings. The molecule has 0 radical (unpaired) electrons. The van der Waals surface area contributed by atoms with E-state index in [0.717, 1.165) is 38.9 Å². The molecule has 1 aliphatic heterocycles. The number of amides is 1. The van der Waals surface area contributed by atoms with Gasteiger partial charge in [-0.05, 0) is 38.8 Å². The zero-order valence-corrected chi connectivity index (χ0v) is 13.8. The normalized spacial score (nSPS) is 17.6. The number of nitrogens with one attached hydrogen (secondary N) is 1. The molecule has 0 aliphatic carbocycles. The number of likely N-dealkylation sites (tertiary alicyclic amines) is 1. The second-order valence-corrected chi connectivity index (χ2v) is 6.29. The van der Waals surface area contributed by atoms with Gasteiger partial charge < -0.3 is 15.1 Å². The van der Waals surface area contributed by atoms with Crippen LogP contribution in [-0.2, 0) is 4.79 Å². The summed E-state index contributed by atoms with van der Waals surface area (Å²) in [5.74, 6) is 0.310. The van der Waals surface area contributed by atoms with Crippen molar-refractivity contribution in [2.24, 2.45) is 0 Å². The van der Waals surface area contributed by atoms with Crippen LogP contribution in [0.5, 0.6) is 0 Å². The van der Waals surface area contributed by atoms with Crippen LogP contribution >= 0.6 is 0 Å². The fraction of sp³-hybridized carbons (Fsp3) is 0.938. The average Bonchev–Trinajstić information content (AvgIpc) is 2.43. The SMILES string of the molecule is CCCN1CCC(N(C)C(=O)CCCNC(C)C)CC1.[HH]. The molecule has 1 N–H and O–H groups in total. The molecule has 1 saturated heterocycles. The summed E-state index contributed by atoms with van der Waals surface area (Å²) in [5.41, 5.74) is 0. The number of piperidine rings is 1. The van der Waals surface area contributed by atoms with Crippen LogP contribution in [0.25, 0.3) is 0 Å². The second-order valence-electron chi connectivity index (χ2n) is 6.29. The average molecular weight is 285 g/mol. The van der Waals surface area contributed by atoms with Crippen molar-refractivity contribution in [2.45, 2.75) is 65.0 Å². The Balaban J connectivity index is 0.00000400. The third-order valence-corrected chi connectivity index (χ3v) is 4.16. The third kappa shape index (κ3) is 6.23. The van der Waals surface area contributed by atoms with Gasteiger partial charge in [-0.25, -0.2) is 0 Å². The Hall–Kier alpha value is -0.610. The zero-order chi connectivity index (χ0) is 15.0. The largest absolute Gasteiger partial charge is 0.343 e. The summed E-state index contributed by atoms with van der Waals surface area (Å²) in [6, 6.07) is 0.958. The minimum Gasteiger partial charge on any atom is -0.343 e. The van der Waals surface area contributed by atoms with E-state index in [9.17, 15) is 4.79 Å². The lowest BCUT2D eigenvalue weighted by molar-refractivity contribution is -0.132. The molecule has 20 heavy (non-hydrogen) atoms. The van der Waals surface area contributed by atoms with E-state index in [1.807, 2.05) is 11.9 Å². The van der Waals surface area contributed by atoms with E-state index < -0.39 is 0 Å². The summed E-state index contributed by atoms with van der Waals surface area (Å²) in [6.45, 7) is 10.9. The molecule has 0 atom stereocenters. The lowest BCUT2D eigenvalue weighted by Gasteiger charge is -2.36. The number of hydrogen-bond donors (Lipinski definition) is 1. The van der Waals surface area contributed by atoms with Gasteiger partial charge in [-0.2, -0.15) is 0 Å². The molecule has 0 saturated carbocycles. The minimum atomic E-state index is 0. The Morgan fingerprint density at radius 1 is 1.40 bits per heavy atom. The molecule has 120 valence electrons. The van der Waals surface area contributed by atoms with Crippen LogP contribution in [0, 0.1) is 0 Å². The number of hydrogen-bond acceptors (Lipinski definition) is 3. The Kier molecular flexibility index (Phi) is 8.15. The number of nitrogens with zero attached hydrogens (tertiary/aromatic N) is 2. The molecule has 1 heterocycles. The molecular formula is C16H35N3O. The molecule has 0 aromatic carbocycles. The van der Waals surface area contributed by atoms with Gasteiger partial charge >= 0.3 is 0 Å². The van der Waals surface area contributed by atoms with Gasteiger partial charge in [-0.15, -0.1) is 0 Å². The molecule has 1 rings (SSSR count). The lowest BCUT2D eigenvalue weighted by atomic mass is 10.0. The van der Waals surface area contributed by atoms with Crippen LogP contribution in [-0.4, -0.2) is 61.0 Å². The standard InChI is InChI=1S/C16H33N3O.H2/c1-5-11-19-12-8-15(9-13-19)18(4)16(20)7-6-10-17-14(2)3;/h14-15,17H,5-13H2,1-4H3;1H. The van der Waals surface area contributed by atoms with Crippen molar-refractivity contribution < 1.29 is 6.22 Å². The molecule has 0 unspecified atom stereocenters.